The van der Waals surface area contributed by atoms with Gasteiger partial charge in [-0.05, 0) is 35.4 Å². The number of nitrogens with zero attached hydrogens (tertiary/aromatic N) is 3. The van der Waals surface area contributed by atoms with Crippen molar-refractivity contribution in [1.29, 1.82) is 5.26 Å². The van der Waals surface area contributed by atoms with E-state index in [1.54, 1.807) is 35.5 Å². The second-order valence-electron chi connectivity index (χ2n) is 4.90. The number of ether oxygens (including phenoxy) is 1. The Morgan fingerprint density at radius 1 is 1.18 bits per heavy atom. The number of benzene rings is 2. The summed E-state index contributed by atoms with van der Waals surface area (Å²) in [6.07, 6.45) is 1.63. The van der Waals surface area contributed by atoms with E-state index >= 15 is 0 Å². The molecule has 0 atom stereocenters. The van der Waals surface area contributed by atoms with Crippen LogP contribution in [0.1, 0.15) is 5.56 Å². The van der Waals surface area contributed by atoms with Gasteiger partial charge >= 0.3 is 0 Å². The fraction of sp³-hybridized carbons (Fsp3) is 0.176. The maximum absolute atomic E-state index is 13.8. The molecule has 0 N–H and O–H groups in total. The van der Waals surface area contributed by atoms with Crippen molar-refractivity contribution in [2.75, 3.05) is 21.2 Å². The number of rotatable bonds is 4. The zero-order valence-electron chi connectivity index (χ0n) is 12.7. The Kier molecular flexibility index (Phi) is 4.74. The predicted molar refractivity (Wildman–Crippen MR) is 84.9 cm³/mol. The molecule has 0 bridgehead atoms. The van der Waals surface area contributed by atoms with Gasteiger partial charge in [-0.25, -0.2) is 9.38 Å². The molecule has 0 unspecified atom stereocenters. The van der Waals surface area contributed by atoms with E-state index < -0.39 is 5.82 Å². The summed E-state index contributed by atoms with van der Waals surface area (Å²) in [6, 6.07) is 12.1. The molecule has 2 aromatic carbocycles. The minimum Gasteiger partial charge on any atom is -0.494 e. The zero-order chi connectivity index (χ0) is 16.1. The molecule has 0 fully saturated rings. The third kappa shape index (κ3) is 3.41. The molecule has 0 saturated carbocycles. The van der Waals surface area contributed by atoms with E-state index in [1.807, 2.05) is 20.2 Å². The molecule has 0 spiro atoms. The largest absolute Gasteiger partial charge is 0.494 e. The lowest BCUT2D eigenvalue weighted by molar-refractivity contribution is 0.386. The van der Waals surface area contributed by atoms with Gasteiger partial charge in [0.2, 0.25) is 0 Å². The van der Waals surface area contributed by atoms with Crippen LogP contribution in [-0.4, -0.2) is 32.4 Å². The van der Waals surface area contributed by atoms with Crippen LogP contribution in [-0.2, 0) is 0 Å². The maximum Gasteiger partial charge on any atom is 0.165 e. The minimum absolute atomic E-state index is 0.191. The SMILES string of the molecule is COc1ccc(-c2ccc(/N=C\N(C)C)c(C#N)c2)cc1F. The van der Waals surface area contributed by atoms with Crippen LogP contribution >= 0.6 is 0 Å². The molecule has 2 aromatic rings. The lowest BCUT2D eigenvalue weighted by Crippen LogP contribution is -2.07. The van der Waals surface area contributed by atoms with Crippen molar-refractivity contribution < 1.29 is 9.13 Å². The van der Waals surface area contributed by atoms with Gasteiger partial charge in [0, 0.05) is 14.1 Å². The Balaban J connectivity index is 2.42. The number of halogens is 1. The van der Waals surface area contributed by atoms with Crippen LogP contribution in [0.5, 0.6) is 5.75 Å². The number of hydrogen-bond donors (Lipinski definition) is 0. The first-order chi connectivity index (χ1) is 10.5. The van der Waals surface area contributed by atoms with Gasteiger partial charge < -0.3 is 9.64 Å². The Morgan fingerprint density at radius 2 is 1.86 bits per heavy atom. The van der Waals surface area contributed by atoms with Crippen LogP contribution in [0.25, 0.3) is 11.1 Å². The van der Waals surface area contributed by atoms with Crippen molar-refractivity contribution in [3.05, 3.63) is 47.8 Å². The quantitative estimate of drug-likeness (QED) is 0.640. The molecule has 4 nitrogen and oxygen atoms in total. The zero-order valence-corrected chi connectivity index (χ0v) is 12.7. The fourth-order valence-electron chi connectivity index (χ4n) is 1.94. The monoisotopic (exact) mass is 297 g/mol. The van der Waals surface area contributed by atoms with Crippen LogP contribution in [0.3, 0.4) is 0 Å². The van der Waals surface area contributed by atoms with Gasteiger partial charge in [0.05, 0.1) is 24.7 Å². The molecule has 0 aliphatic heterocycles. The van der Waals surface area contributed by atoms with Crippen molar-refractivity contribution >= 4 is 12.0 Å². The van der Waals surface area contributed by atoms with Gasteiger partial charge in [0.25, 0.3) is 0 Å². The molecule has 0 amide bonds. The van der Waals surface area contributed by atoms with Crippen molar-refractivity contribution in [3.63, 3.8) is 0 Å². The van der Waals surface area contributed by atoms with Crippen molar-refractivity contribution in [3.8, 4) is 22.9 Å². The van der Waals surface area contributed by atoms with Crippen LogP contribution < -0.4 is 4.74 Å². The van der Waals surface area contributed by atoms with Gasteiger partial charge in [-0.2, -0.15) is 5.26 Å². The highest BCUT2D eigenvalue weighted by Crippen LogP contribution is 2.29. The second kappa shape index (κ2) is 6.72. The average Bonchev–Trinajstić information content (AvgIpc) is 2.52. The highest BCUT2D eigenvalue weighted by Gasteiger charge is 2.08. The first-order valence-corrected chi connectivity index (χ1v) is 6.64. The Bertz CT molecular complexity index is 748. The summed E-state index contributed by atoms with van der Waals surface area (Å²) in [6.45, 7) is 0. The number of hydrogen-bond acceptors (Lipinski definition) is 3. The Hall–Kier alpha value is -2.87. The number of aliphatic imine (C=N–C) groups is 1. The topological polar surface area (TPSA) is 48.6 Å². The summed E-state index contributed by atoms with van der Waals surface area (Å²) in [5.74, 6) is -0.246. The number of methoxy groups -OCH3 is 1. The third-order valence-corrected chi connectivity index (χ3v) is 3.03. The average molecular weight is 297 g/mol. The molecule has 5 heteroatoms. The Morgan fingerprint density at radius 3 is 2.45 bits per heavy atom. The van der Waals surface area contributed by atoms with Crippen molar-refractivity contribution in [2.45, 2.75) is 0 Å². The Labute approximate surface area is 129 Å². The van der Waals surface area contributed by atoms with Gasteiger partial charge in [-0.15, -0.1) is 0 Å². The van der Waals surface area contributed by atoms with Crippen molar-refractivity contribution in [2.24, 2.45) is 4.99 Å². The van der Waals surface area contributed by atoms with Crippen molar-refractivity contribution in [1.82, 2.24) is 4.90 Å². The smallest absolute Gasteiger partial charge is 0.165 e. The molecule has 2 rings (SSSR count). The molecular formula is C17H16FN3O. The maximum atomic E-state index is 13.8. The van der Waals surface area contributed by atoms with Crippen LogP contribution in [0.15, 0.2) is 41.4 Å². The van der Waals surface area contributed by atoms with E-state index in [4.69, 9.17) is 4.74 Å². The normalized spacial score (nSPS) is 10.5. The van der Waals surface area contributed by atoms with E-state index in [0.29, 0.717) is 16.8 Å². The van der Waals surface area contributed by atoms with Crippen LogP contribution in [0.4, 0.5) is 10.1 Å². The van der Waals surface area contributed by atoms with E-state index in [-0.39, 0.29) is 5.75 Å². The van der Waals surface area contributed by atoms with Gasteiger partial charge in [0.1, 0.15) is 6.07 Å². The fourth-order valence-corrected chi connectivity index (χ4v) is 1.94. The number of nitriles is 1. The molecule has 0 aromatic heterocycles. The predicted octanol–water partition coefficient (Wildman–Crippen LogP) is 3.59. The van der Waals surface area contributed by atoms with Crippen LogP contribution in [0, 0.1) is 17.1 Å². The second-order valence-corrected chi connectivity index (χ2v) is 4.90. The molecule has 0 aliphatic carbocycles. The lowest BCUT2D eigenvalue weighted by atomic mass is 10.0. The summed E-state index contributed by atoms with van der Waals surface area (Å²) in [5.41, 5.74) is 2.45. The van der Waals surface area contributed by atoms with Gasteiger partial charge in [-0.1, -0.05) is 12.1 Å². The van der Waals surface area contributed by atoms with E-state index in [2.05, 4.69) is 11.1 Å². The lowest BCUT2D eigenvalue weighted by Gasteiger charge is -2.08. The first-order valence-electron chi connectivity index (χ1n) is 6.64. The standard InChI is InChI=1S/C17H16FN3O/c1-21(2)11-20-16-6-4-12(8-14(16)10-19)13-5-7-17(22-3)15(18)9-13/h4-9,11H,1-3H3/b20-11-. The molecule has 112 valence electrons. The molecule has 22 heavy (non-hydrogen) atoms. The van der Waals surface area contributed by atoms with Gasteiger partial charge in [-0.3, -0.25) is 0 Å². The summed E-state index contributed by atoms with van der Waals surface area (Å²) >= 11 is 0. The minimum atomic E-state index is -0.437. The molecule has 0 aliphatic rings. The van der Waals surface area contributed by atoms with Gasteiger partial charge in [0.15, 0.2) is 11.6 Å². The first kappa shape index (κ1) is 15.5. The van der Waals surface area contributed by atoms with Crippen LogP contribution in [0.2, 0.25) is 0 Å². The highest BCUT2D eigenvalue weighted by molar-refractivity contribution is 5.72. The molecule has 0 heterocycles. The molecule has 0 saturated heterocycles. The highest BCUT2D eigenvalue weighted by atomic mass is 19.1. The summed E-state index contributed by atoms with van der Waals surface area (Å²) in [4.78, 5) is 6.03. The summed E-state index contributed by atoms with van der Waals surface area (Å²) < 4.78 is 18.7. The van der Waals surface area contributed by atoms with E-state index in [0.717, 1.165) is 5.56 Å². The summed E-state index contributed by atoms with van der Waals surface area (Å²) in [7, 11) is 5.12. The summed E-state index contributed by atoms with van der Waals surface area (Å²) in [5, 5.41) is 9.26. The third-order valence-electron chi connectivity index (χ3n) is 3.03. The molecule has 0 radical (unpaired) electrons. The molecular weight excluding hydrogens is 281 g/mol. The van der Waals surface area contributed by atoms with E-state index in [9.17, 15) is 9.65 Å². The van der Waals surface area contributed by atoms with E-state index in [1.165, 1.54) is 13.2 Å².